The van der Waals surface area contributed by atoms with Gasteiger partial charge < -0.3 is 23.6 Å². The monoisotopic (exact) mass is 604 g/mol. The third-order valence-electron chi connectivity index (χ3n) is 5.85. The van der Waals surface area contributed by atoms with Crippen LogP contribution in [0.1, 0.15) is 18.1 Å². The fraction of sp³-hybridized carbons (Fsp3) is 0.379. The van der Waals surface area contributed by atoms with E-state index in [0.29, 0.717) is 18.9 Å². The number of nitro groups is 1. The van der Waals surface area contributed by atoms with Crippen molar-refractivity contribution in [3.63, 3.8) is 0 Å². The number of nitro benzene ring substituents is 1. The quantitative estimate of drug-likeness (QED) is 0.0741. The first-order valence-corrected chi connectivity index (χ1v) is 15.7. The van der Waals surface area contributed by atoms with Gasteiger partial charge in [-0.1, -0.05) is 30.3 Å². The molecule has 0 aliphatic carbocycles. The molecule has 3 aromatic rings. The van der Waals surface area contributed by atoms with Gasteiger partial charge in [0.1, 0.15) is 30.0 Å². The lowest BCUT2D eigenvalue weighted by atomic mass is 10.0. The van der Waals surface area contributed by atoms with Crippen LogP contribution in [0.2, 0.25) is 0 Å². The molecule has 0 aliphatic heterocycles. The minimum absolute atomic E-state index is 0.0558. The number of nitrogens with zero attached hydrogens (tertiary/aromatic N) is 2. The molecule has 3 rings (SSSR count). The van der Waals surface area contributed by atoms with Gasteiger partial charge in [0, 0.05) is 30.5 Å². The van der Waals surface area contributed by atoms with Gasteiger partial charge in [-0.2, -0.15) is 0 Å². The molecule has 0 saturated heterocycles. The van der Waals surface area contributed by atoms with E-state index in [2.05, 4.69) is 12.1 Å². The molecule has 0 spiro atoms. The minimum Gasteiger partial charge on any atom is -0.497 e. The van der Waals surface area contributed by atoms with Gasteiger partial charge in [-0.15, -0.1) is 0 Å². The maximum absolute atomic E-state index is 10.9. The molecule has 0 aromatic heterocycles. The molecule has 0 bridgehead atoms. The molecule has 3 aromatic carbocycles. The zero-order valence-electron chi connectivity index (χ0n) is 23.8. The zero-order valence-corrected chi connectivity index (χ0v) is 25.5. The topological polar surface area (TPSA) is 102 Å². The summed E-state index contributed by atoms with van der Waals surface area (Å²) in [5.41, 5.74) is 2.23. The van der Waals surface area contributed by atoms with Crippen LogP contribution in [0, 0.1) is 10.1 Å². The SMILES string of the molecule is CCOP(=S)(OCOC(COc1ccccc1CCc1cccc(OC)c1)CN(C)C)Oc1ccc([N+](=O)[O-])cc1. The molecule has 41 heavy (non-hydrogen) atoms. The molecule has 0 amide bonds. The Balaban J connectivity index is 1.58. The number of hydrogen-bond acceptors (Lipinski definition) is 10. The van der Waals surface area contributed by atoms with Crippen LogP contribution >= 0.6 is 6.72 Å². The fourth-order valence-corrected chi connectivity index (χ4v) is 5.67. The van der Waals surface area contributed by atoms with Crippen LogP contribution in [0.25, 0.3) is 0 Å². The Morgan fingerprint density at radius 1 is 0.976 bits per heavy atom. The van der Waals surface area contributed by atoms with Crippen molar-refractivity contribution in [1.29, 1.82) is 0 Å². The van der Waals surface area contributed by atoms with Crippen LogP contribution in [0.4, 0.5) is 5.69 Å². The second-order valence-electron chi connectivity index (χ2n) is 9.28. The molecule has 0 heterocycles. The summed E-state index contributed by atoms with van der Waals surface area (Å²) in [6.45, 7) is -0.490. The van der Waals surface area contributed by atoms with Crippen molar-refractivity contribution in [3.8, 4) is 17.2 Å². The number of hydrogen-bond donors (Lipinski definition) is 0. The van der Waals surface area contributed by atoms with Gasteiger partial charge in [0.05, 0.1) is 18.6 Å². The van der Waals surface area contributed by atoms with Gasteiger partial charge in [-0.05, 0) is 75.3 Å². The first-order chi connectivity index (χ1) is 19.7. The Labute approximate surface area is 246 Å². The standard InChI is InChI=1S/C29H37N2O8PS/c1-5-37-40(41,39-26-17-15-25(16-18-26)31(32)33)38-22-36-28(20-30(2)3)21-35-29-12-7-6-10-24(29)14-13-23-9-8-11-27(19-23)34-4/h6-12,15-19,28H,5,13-14,20-22H2,1-4H3. The summed E-state index contributed by atoms with van der Waals surface area (Å²) in [6, 6.07) is 21.6. The van der Waals surface area contributed by atoms with E-state index in [-0.39, 0.29) is 25.2 Å². The predicted molar refractivity (Wildman–Crippen MR) is 161 cm³/mol. The van der Waals surface area contributed by atoms with Crippen molar-refractivity contribution < 1.29 is 32.7 Å². The second kappa shape index (κ2) is 16.4. The molecule has 0 aliphatic rings. The number of ether oxygens (including phenoxy) is 3. The molecule has 0 saturated carbocycles. The van der Waals surface area contributed by atoms with Crippen LogP contribution < -0.4 is 14.0 Å². The van der Waals surface area contributed by atoms with Crippen LogP contribution in [-0.2, 0) is 38.4 Å². The van der Waals surface area contributed by atoms with Crippen molar-refractivity contribution in [2.24, 2.45) is 0 Å². The molecule has 222 valence electrons. The van der Waals surface area contributed by atoms with Crippen molar-refractivity contribution in [3.05, 3.63) is 94.0 Å². The number of benzene rings is 3. The smallest absolute Gasteiger partial charge is 0.382 e. The lowest BCUT2D eigenvalue weighted by molar-refractivity contribution is -0.384. The van der Waals surface area contributed by atoms with Crippen molar-refractivity contribution >= 4 is 24.2 Å². The summed E-state index contributed by atoms with van der Waals surface area (Å²) in [5, 5.41) is 10.9. The molecule has 10 nitrogen and oxygen atoms in total. The van der Waals surface area contributed by atoms with Gasteiger partial charge in [0.25, 0.3) is 5.69 Å². The highest BCUT2D eigenvalue weighted by Crippen LogP contribution is 2.50. The molecule has 0 radical (unpaired) electrons. The Hall–Kier alpha value is -3.05. The largest absolute Gasteiger partial charge is 0.497 e. The van der Waals surface area contributed by atoms with Crippen LogP contribution in [0.15, 0.2) is 72.8 Å². The highest BCUT2D eigenvalue weighted by molar-refractivity contribution is 8.07. The average molecular weight is 605 g/mol. The summed E-state index contributed by atoms with van der Waals surface area (Å²) in [6.07, 6.45) is 1.32. The summed E-state index contributed by atoms with van der Waals surface area (Å²) >= 11 is 5.53. The Bertz CT molecular complexity index is 1290. The summed E-state index contributed by atoms with van der Waals surface area (Å²) in [4.78, 5) is 12.4. The first kappa shape index (κ1) is 32.5. The van der Waals surface area contributed by atoms with E-state index in [1.807, 2.05) is 55.4 Å². The minimum atomic E-state index is -3.22. The van der Waals surface area contributed by atoms with E-state index >= 15 is 0 Å². The lowest BCUT2D eigenvalue weighted by Gasteiger charge is -2.25. The maximum Gasteiger partial charge on any atom is 0.382 e. The Kier molecular flexibility index (Phi) is 13.0. The van der Waals surface area contributed by atoms with Crippen LogP contribution in [0.5, 0.6) is 17.2 Å². The molecule has 12 heteroatoms. The third-order valence-corrected chi connectivity index (χ3v) is 8.14. The predicted octanol–water partition coefficient (Wildman–Crippen LogP) is 6.03. The summed E-state index contributed by atoms with van der Waals surface area (Å²) < 4.78 is 34.8. The number of para-hydroxylation sites is 1. The van der Waals surface area contributed by atoms with E-state index in [1.54, 1.807) is 14.0 Å². The Morgan fingerprint density at radius 2 is 1.73 bits per heavy atom. The molecule has 2 atom stereocenters. The number of aryl methyl sites for hydroxylation is 2. The van der Waals surface area contributed by atoms with Crippen molar-refractivity contribution in [2.75, 3.05) is 47.8 Å². The van der Waals surface area contributed by atoms with Gasteiger partial charge >= 0.3 is 6.72 Å². The average Bonchev–Trinajstić information content (AvgIpc) is 2.95. The second-order valence-corrected chi connectivity index (χ2v) is 12.2. The van der Waals surface area contributed by atoms with Gasteiger partial charge in [0.2, 0.25) is 0 Å². The zero-order chi connectivity index (χ0) is 29.7. The van der Waals surface area contributed by atoms with Crippen molar-refractivity contribution in [1.82, 2.24) is 4.90 Å². The van der Waals surface area contributed by atoms with Gasteiger partial charge in [-0.3, -0.25) is 19.2 Å². The highest BCUT2D eigenvalue weighted by atomic mass is 32.5. The fourth-order valence-electron chi connectivity index (χ4n) is 3.90. The van der Waals surface area contributed by atoms with Gasteiger partial charge in [-0.25, -0.2) is 0 Å². The number of likely N-dealkylation sites (N-methyl/N-ethyl adjacent to an activating group) is 1. The molecular formula is C29H37N2O8PS. The molecule has 0 fully saturated rings. The van der Waals surface area contributed by atoms with E-state index in [1.165, 1.54) is 29.8 Å². The van der Waals surface area contributed by atoms with Gasteiger partial charge in [0.15, 0.2) is 6.79 Å². The van der Waals surface area contributed by atoms with E-state index < -0.39 is 11.6 Å². The first-order valence-electron chi connectivity index (χ1n) is 13.1. The normalized spacial score (nSPS) is 13.4. The molecule has 0 N–H and O–H groups in total. The van der Waals surface area contributed by atoms with E-state index in [4.69, 9.17) is 39.6 Å². The van der Waals surface area contributed by atoms with E-state index in [9.17, 15) is 10.1 Å². The number of rotatable bonds is 18. The van der Waals surface area contributed by atoms with Crippen LogP contribution in [-0.4, -0.2) is 63.7 Å². The van der Waals surface area contributed by atoms with E-state index in [0.717, 1.165) is 29.9 Å². The highest BCUT2D eigenvalue weighted by Gasteiger charge is 2.24. The van der Waals surface area contributed by atoms with Crippen molar-refractivity contribution in [2.45, 2.75) is 25.9 Å². The Morgan fingerprint density at radius 3 is 2.41 bits per heavy atom. The van der Waals surface area contributed by atoms with Crippen LogP contribution in [0.3, 0.4) is 0 Å². The summed E-state index contributed by atoms with van der Waals surface area (Å²) in [7, 11) is 5.56. The lowest BCUT2D eigenvalue weighted by Crippen LogP contribution is -2.34. The third kappa shape index (κ3) is 11.0. The summed E-state index contributed by atoms with van der Waals surface area (Å²) in [5.74, 6) is 1.95. The molecular weight excluding hydrogens is 567 g/mol. The number of non-ortho nitro benzene ring substituents is 1. The maximum atomic E-state index is 10.9. The number of methoxy groups -OCH3 is 1. The molecule has 2 unspecified atom stereocenters.